The van der Waals surface area contributed by atoms with Crippen LogP contribution in [0, 0.1) is 5.92 Å². The minimum absolute atomic E-state index is 0.103. The van der Waals surface area contributed by atoms with Gasteiger partial charge in [0.15, 0.2) is 0 Å². The van der Waals surface area contributed by atoms with Gasteiger partial charge in [0.2, 0.25) is 21.8 Å². The van der Waals surface area contributed by atoms with Gasteiger partial charge in [-0.05, 0) is 19.8 Å². The average molecular weight is 404 g/mol. The van der Waals surface area contributed by atoms with E-state index in [1.165, 1.54) is 23.2 Å². The van der Waals surface area contributed by atoms with Crippen LogP contribution in [0.1, 0.15) is 39.0 Å². The molecule has 0 aromatic rings. The molecule has 2 rings (SSSR count). The predicted molar refractivity (Wildman–Crippen MR) is 98.1 cm³/mol. The van der Waals surface area contributed by atoms with Gasteiger partial charge in [0.1, 0.15) is 12.1 Å². The lowest BCUT2D eigenvalue weighted by Crippen LogP contribution is -2.63. The molecule has 0 radical (unpaired) electrons. The maximum Gasteiger partial charge on any atom is 0.328 e. The molecule has 2 fully saturated rings. The van der Waals surface area contributed by atoms with Crippen molar-refractivity contribution in [1.29, 1.82) is 0 Å². The fraction of sp³-hybridized carbons (Fsp3) is 0.824. The Hall–Kier alpha value is -1.68. The zero-order valence-corrected chi connectivity index (χ0v) is 17.0. The van der Waals surface area contributed by atoms with Crippen LogP contribution >= 0.6 is 0 Å². The summed E-state index contributed by atoms with van der Waals surface area (Å²) in [4.78, 5) is 38.8. The number of amides is 2. The van der Waals surface area contributed by atoms with Gasteiger partial charge in [-0.2, -0.15) is 4.31 Å². The number of methoxy groups -OCH3 is 1. The maximum absolute atomic E-state index is 13.0. The minimum atomic E-state index is -3.49. The first-order valence-electron chi connectivity index (χ1n) is 9.29. The molecule has 1 N–H and O–H groups in total. The third-order valence-corrected chi connectivity index (χ3v) is 6.54. The van der Waals surface area contributed by atoms with E-state index in [0.717, 1.165) is 38.4 Å². The molecule has 0 bridgehead atoms. The van der Waals surface area contributed by atoms with Gasteiger partial charge in [0.25, 0.3) is 0 Å². The van der Waals surface area contributed by atoms with E-state index in [1.807, 2.05) is 0 Å². The Bertz CT molecular complexity index is 674. The molecule has 0 spiro atoms. The van der Waals surface area contributed by atoms with Crippen LogP contribution in [0.5, 0.6) is 0 Å². The van der Waals surface area contributed by atoms with Crippen molar-refractivity contribution >= 4 is 27.8 Å². The highest BCUT2D eigenvalue weighted by molar-refractivity contribution is 7.88. The number of hydrogen-bond acceptors (Lipinski definition) is 6. The molecule has 27 heavy (non-hydrogen) atoms. The van der Waals surface area contributed by atoms with Crippen molar-refractivity contribution in [2.75, 3.05) is 33.0 Å². The highest BCUT2D eigenvalue weighted by Gasteiger charge is 2.40. The zero-order valence-electron chi connectivity index (χ0n) is 16.1. The first-order chi connectivity index (χ1) is 12.6. The average Bonchev–Trinajstić information content (AvgIpc) is 2.66. The van der Waals surface area contributed by atoms with E-state index in [0.29, 0.717) is 0 Å². The number of sulfonamides is 1. The number of esters is 1. The Balaban J connectivity index is 2.18. The molecular formula is C17H29N3O6S. The topological polar surface area (TPSA) is 113 Å². The number of nitrogens with one attached hydrogen (secondary N) is 1. The summed E-state index contributed by atoms with van der Waals surface area (Å²) in [7, 11) is -2.27. The molecule has 0 aromatic carbocycles. The number of carbonyl (C=O) groups is 3. The summed E-state index contributed by atoms with van der Waals surface area (Å²) in [6, 6.07) is -1.85. The van der Waals surface area contributed by atoms with E-state index >= 15 is 0 Å². The van der Waals surface area contributed by atoms with Gasteiger partial charge in [-0.1, -0.05) is 19.3 Å². The summed E-state index contributed by atoms with van der Waals surface area (Å²) in [6.45, 7) is 1.69. The number of hydrogen-bond donors (Lipinski definition) is 1. The second-order valence-electron chi connectivity index (χ2n) is 7.26. The van der Waals surface area contributed by atoms with Gasteiger partial charge in [0, 0.05) is 25.6 Å². The monoisotopic (exact) mass is 403 g/mol. The molecule has 154 valence electrons. The lowest BCUT2D eigenvalue weighted by Gasteiger charge is -2.41. The van der Waals surface area contributed by atoms with Crippen LogP contribution in [0.4, 0.5) is 0 Å². The summed E-state index contributed by atoms with van der Waals surface area (Å²) in [5.41, 5.74) is 0. The normalized spacial score (nSPS) is 23.5. The molecule has 1 saturated heterocycles. The van der Waals surface area contributed by atoms with Gasteiger partial charge in [-0.25, -0.2) is 13.2 Å². The van der Waals surface area contributed by atoms with Gasteiger partial charge >= 0.3 is 5.97 Å². The molecule has 1 aliphatic carbocycles. The van der Waals surface area contributed by atoms with Crippen molar-refractivity contribution in [3.05, 3.63) is 0 Å². The summed E-state index contributed by atoms with van der Waals surface area (Å²) in [5.74, 6) is -1.39. The number of piperazine rings is 1. The van der Waals surface area contributed by atoms with E-state index in [2.05, 4.69) is 10.1 Å². The van der Waals surface area contributed by atoms with Crippen LogP contribution in [0.15, 0.2) is 0 Å². The number of nitrogens with zero attached hydrogens (tertiary/aromatic N) is 2. The zero-order chi connectivity index (χ0) is 20.2. The standard InChI is InChI=1S/C17H29N3O6S/c1-12(17(23)26-2)18-15(21)14-11-19(27(3,24)25)9-10-20(14)16(22)13-7-5-4-6-8-13/h12-14H,4-11H2,1-3H3,(H,18,21)/t12-,14+/m1/s1. The molecule has 2 amide bonds. The van der Waals surface area contributed by atoms with Gasteiger partial charge < -0.3 is 15.0 Å². The maximum atomic E-state index is 13.0. The van der Waals surface area contributed by atoms with Crippen LogP contribution in [0.25, 0.3) is 0 Å². The van der Waals surface area contributed by atoms with Gasteiger partial charge in [-0.3, -0.25) is 9.59 Å². The Morgan fingerprint density at radius 2 is 1.74 bits per heavy atom. The molecule has 2 atom stereocenters. The molecule has 0 aromatic heterocycles. The van der Waals surface area contributed by atoms with Crippen LogP contribution in [-0.2, 0) is 29.1 Å². The fourth-order valence-electron chi connectivity index (χ4n) is 3.68. The largest absolute Gasteiger partial charge is 0.467 e. The Kier molecular flexibility index (Phi) is 7.21. The molecule has 1 heterocycles. The van der Waals surface area contributed by atoms with E-state index in [9.17, 15) is 22.8 Å². The van der Waals surface area contributed by atoms with E-state index < -0.39 is 34.0 Å². The van der Waals surface area contributed by atoms with Crippen molar-refractivity contribution in [3.8, 4) is 0 Å². The van der Waals surface area contributed by atoms with E-state index in [-0.39, 0.29) is 31.5 Å². The number of carbonyl (C=O) groups excluding carboxylic acids is 3. The first kappa shape index (κ1) is 21.6. The van der Waals surface area contributed by atoms with E-state index in [4.69, 9.17) is 0 Å². The molecule has 1 saturated carbocycles. The van der Waals surface area contributed by atoms with Crippen LogP contribution < -0.4 is 5.32 Å². The lowest BCUT2D eigenvalue weighted by atomic mass is 9.87. The highest BCUT2D eigenvalue weighted by atomic mass is 32.2. The third-order valence-electron chi connectivity index (χ3n) is 5.27. The minimum Gasteiger partial charge on any atom is -0.467 e. The summed E-state index contributed by atoms with van der Waals surface area (Å²) in [6.07, 6.45) is 5.73. The van der Waals surface area contributed by atoms with Crippen molar-refractivity contribution in [1.82, 2.24) is 14.5 Å². The van der Waals surface area contributed by atoms with Crippen molar-refractivity contribution < 1.29 is 27.5 Å². The summed E-state index contributed by atoms with van der Waals surface area (Å²) < 4.78 is 29.7. The van der Waals surface area contributed by atoms with Crippen LogP contribution in [-0.4, -0.2) is 80.5 Å². The first-order valence-corrected chi connectivity index (χ1v) is 11.1. The van der Waals surface area contributed by atoms with Crippen molar-refractivity contribution in [2.45, 2.75) is 51.1 Å². The SMILES string of the molecule is COC(=O)[C@@H](C)NC(=O)[C@@H]1CN(S(C)(=O)=O)CCN1C(=O)C1CCCCC1. The van der Waals surface area contributed by atoms with Crippen LogP contribution in [0.2, 0.25) is 0 Å². The molecule has 1 aliphatic heterocycles. The smallest absolute Gasteiger partial charge is 0.328 e. The third kappa shape index (κ3) is 5.41. The lowest BCUT2D eigenvalue weighted by molar-refractivity contribution is -0.149. The summed E-state index contributed by atoms with van der Waals surface area (Å²) >= 11 is 0. The quantitative estimate of drug-likeness (QED) is 0.632. The Labute approximate surface area is 160 Å². The number of ether oxygens (including phenoxy) is 1. The summed E-state index contributed by atoms with van der Waals surface area (Å²) in [5, 5.41) is 2.53. The second-order valence-corrected chi connectivity index (χ2v) is 9.24. The molecule has 10 heteroatoms. The molecule has 2 aliphatic rings. The van der Waals surface area contributed by atoms with Crippen molar-refractivity contribution in [3.63, 3.8) is 0 Å². The molecule has 9 nitrogen and oxygen atoms in total. The predicted octanol–water partition coefficient (Wildman–Crippen LogP) is -0.283. The van der Waals surface area contributed by atoms with Gasteiger partial charge in [0.05, 0.1) is 13.4 Å². The highest BCUT2D eigenvalue weighted by Crippen LogP contribution is 2.27. The van der Waals surface area contributed by atoms with E-state index in [1.54, 1.807) is 0 Å². The molecule has 0 unspecified atom stereocenters. The Morgan fingerprint density at radius 3 is 2.30 bits per heavy atom. The Morgan fingerprint density at radius 1 is 1.11 bits per heavy atom. The number of rotatable bonds is 5. The fourth-order valence-corrected chi connectivity index (χ4v) is 4.50. The molecular weight excluding hydrogens is 374 g/mol. The van der Waals surface area contributed by atoms with Crippen molar-refractivity contribution in [2.24, 2.45) is 5.92 Å². The van der Waals surface area contributed by atoms with Gasteiger partial charge in [-0.15, -0.1) is 0 Å². The van der Waals surface area contributed by atoms with Crippen LogP contribution in [0.3, 0.4) is 0 Å². The second kappa shape index (κ2) is 9.01.